The van der Waals surface area contributed by atoms with Crippen LogP contribution in [0, 0.1) is 0 Å². The van der Waals surface area contributed by atoms with Gasteiger partial charge in [0.25, 0.3) is 0 Å². The summed E-state index contributed by atoms with van der Waals surface area (Å²) in [6.45, 7) is 1.57. The number of hydrogen-bond donors (Lipinski definition) is 3. The van der Waals surface area contributed by atoms with Crippen molar-refractivity contribution in [3.05, 3.63) is 35.4 Å². The lowest BCUT2D eigenvalue weighted by Crippen LogP contribution is -2.46. The first-order chi connectivity index (χ1) is 13.1. The SMILES string of the molecule is CN=C(NCc1cc(OC)ccc1O)NC1CCc2nc(COC)nn2C1.I. The second-order valence-corrected chi connectivity index (χ2v) is 6.36. The standard InChI is InChI=1S/C18H26N6O3.HI/c1-19-18(20-9-12-8-14(27-3)5-6-15(12)25)21-13-4-7-17-22-16(11-26-2)23-24(17)10-13;/h5-6,8,13,25H,4,7,9-11H2,1-3H3,(H2,19,20,21);1H. The van der Waals surface area contributed by atoms with Gasteiger partial charge in [-0.1, -0.05) is 0 Å². The first-order valence-electron chi connectivity index (χ1n) is 8.87. The molecule has 1 aromatic carbocycles. The molecule has 0 radical (unpaired) electrons. The highest BCUT2D eigenvalue weighted by Crippen LogP contribution is 2.22. The molecule has 1 unspecified atom stereocenters. The minimum Gasteiger partial charge on any atom is -0.508 e. The maximum atomic E-state index is 10.0. The molecular formula is C18H27IN6O3. The number of benzene rings is 1. The quantitative estimate of drug-likeness (QED) is 0.312. The van der Waals surface area contributed by atoms with E-state index in [0.29, 0.717) is 30.7 Å². The van der Waals surface area contributed by atoms with Crippen molar-refractivity contribution in [2.45, 2.75) is 38.6 Å². The molecule has 1 aliphatic rings. The van der Waals surface area contributed by atoms with Gasteiger partial charge in [-0.3, -0.25) is 4.99 Å². The lowest BCUT2D eigenvalue weighted by atomic mass is 10.1. The number of rotatable bonds is 6. The van der Waals surface area contributed by atoms with Crippen LogP contribution in [-0.2, 0) is 30.9 Å². The fourth-order valence-corrected chi connectivity index (χ4v) is 3.07. The van der Waals surface area contributed by atoms with Gasteiger partial charge in [-0.2, -0.15) is 5.10 Å². The van der Waals surface area contributed by atoms with Gasteiger partial charge in [-0.15, -0.1) is 24.0 Å². The van der Waals surface area contributed by atoms with Gasteiger partial charge >= 0.3 is 0 Å². The van der Waals surface area contributed by atoms with Crippen LogP contribution in [0.5, 0.6) is 11.5 Å². The average Bonchev–Trinajstić information content (AvgIpc) is 3.08. The summed E-state index contributed by atoms with van der Waals surface area (Å²) >= 11 is 0. The maximum absolute atomic E-state index is 10.0. The Kier molecular flexibility index (Phi) is 8.30. The van der Waals surface area contributed by atoms with Gasteiger partial charge < -0.3 is 25.2 Å². The van der Waals surface area contributed by atoms with Crippen molar-refractivity contribution >= 4 is 29.9 Å². The fourth-order valence-electron chi connectivity index (χ4n) is 3.07. The van der Waals surface area contributed by atoms with Crippen molar-refractivity contribution in [1.29, 1.82) is 0 Å². The molecule has 0 bridgehead atoms. The third-order valence-corrected chi connectivity index (χ3v) is 4.47. The van der Waals surface area contributed by atoms with E-state index in [0.717, 1.165) is 30.8 Å². The number of guanidine groups is 1. The summed E-state index contributed by atoms with van der Waals surface area (Å²) in [5, 5.41) is 21.1. The summed E-state index contributed by atoms with van der Waals surface area (Å²) in [5.41, 5.74) is 0.740. The fraction of sp³-hybridized carbons (Fsp3) is 0.500. The topological polar surface area (TPSA) is 106 Å². The van der Waals surface area contributed by atoms with Crippen LogP contribution in [0.15, 0.2) is 23.2 Å². The molecule has 28 heavy (non-hydrogen) atoms. The highest BCUT2D eigenvalue weighted by Gasteiger charge is 2.22. The minimum absolute atomic E-state index is 0. The van der Waals surface area contributed by atoms with Crippen LogP contribution in [0.4, 0.5) is 0 Å². The van der Waals surface area contributed by atoms with Gasteiger partial charge in [0.1, 0.15) is 23.9 Å². The molecular weight excluding hydrogens is 475 g/mol. The molecule has 3 rings (SSSR count). The smallest absolute Gasteiger partial charge is 0.191 e. The highest BCUT2D eigenvalue weighted by molar-refractivity contribution is 14.0. The van der Waals surface area contributed by atoms with E-state index in [9.17, 15) is 5.11 Å². The molecule has 154 valence electrons. The lowest BCUT2D eigenvalue weighted by Gasteiger charge is -2.25. The molecule has 2 heterocycles. The molecule has 1 aromatic heterocycles. The van der Waals surface area contributed by atoms with Gasteiger partial charge in [-0.05, 0) is 24.6 Å². The largest absolute Gasteiger partial charge is 0.508 e. The van der Waals surface area contributed by atoms with Gasteiger partial charge in [0, 0.05) is 38.7 Å². The van der Waals surface area contributed by atoms with Crippen LogP contribution in [-0.4, -0.2) is 53.1 Å². The summed E-state index contributed by atoms with van der Waals surface area (Å²) in [7, 11) is 4.96. The summed E-state index contributed by atoms with van der Waals surface area (Å²) in [4.78, 5) is 8.77. The Morgan fingerprint density at radius 2 is 2.21 bits per heavy atom. The number of phenolic OH excluding ortho intramolecular Hbond substituents is 1. The number of halogens is 1. The second-order valence-electron chi connectivity index (χ2n) is 6.36. The number of nitrogens with zero attached hydrogens (tertiary/aromatic N) is 4. The molecule has 0 spiro atoms. The molecule has 2 aromatic rings. The number of nitrogens with one attached hydrogen (secondary N) is 2. The van der Waals surface area contributed by atoms with Gasteiger partial charge in [-0.25, -0.2) is 9.67 Å². The zero-order chi connectivity index (χ0) is 19.2. The molecule has 0 amide bonds. The van der Waals surface area contributed by atoms with Gasteiger partial charge in [0.2, 0.25) is 0 Å². The van der Waals surface area contributed by atoms with Crippen LogP contribution < -0.4 is 15.4 Å². The Morgan fingerprint density at radius 3 is 2.93 bits per heavy atom. The van der Waals surface area contributed by atoms with Crippen LogP contribution in [0.25, 0.3) is 0 Å². The number of fused-ring (bicyclic) bond motifs is 1. The van der Waals surface area contributed by atoms with Crippen molar-refractivity contribution < 1.29 is 14.6 Å². The van der Waals surface area contributed by atoms with Crippen molar-refractivity contribution in [3.8, 4) is 11.5 Å². The van der Waals surface area contributed by atoms with Crippen LogP contribution in [0.1, 0.15) is 23.6 Å². The predicted molar refractivity (Wildman–Crippen MR) is 116 cm³/mol. The van der Waals surface area contributed by atoms with Crippen molar-refractivity contribution in [2.24, 2.45) is 4.99 Å². The van der Waals surface area contributed by atoms with Gasteiger partial charge in [0.15, 0.2) is 11.8 Å². The molecule has 3 N–H and O–H groups in total. The average molecular weight is 502 g/mol. The van der Waals surface area contributed by atoms with Crippen LogP contribution in [0.2, 0.25) is 0 Å². The Balaban J connectivity index is 0.00000280. The Hall–Kier alpha value is -2.08. The van der Waals surface area contributed by atoms with E-state index in [2.05, 4.69) is 25.7 Å². The number of aryl methyl sites for hydroxylation is 1. The molecule has 0 aliphatic carbocycles. The first kappa shape index (κ1) is 22.2. The molecule has 1 atom stereocenters. The summed E-state index contributed by atoms with van der Waals surface area (Å²) in [6, 6.07) is 5.34. The molecule has 1 aliphatic heterocycles. The lowest BCUT2D eigenvalue weighted by molar-refractivity contribution is 0.177. The van der Waals surface area contributed by atoms with E-state index < -0.39 is 0 Å². The van der Waals surface area contributed by atoms with E-state index in [1.165, 1.54) is 0 Å². The Bertz CT molecular complexity index is 811. The van der Waals surface area contributed by atoms with Crippen molar-refractivity contribution in [2.75, 3.05) is 21.3 Å². The third kappa shape index (κ3) is 5.47. The Morgan fingerprint density at radius 1 is 1.39 bits per heavy atom. The molecule has 0 saturated heterocycles. The van der Waals surface area contributed by atoms with E-state index in [1.807, 2.05) is 4.68 Å². The number of methoxy groups -OCH3 is 2. The molecule has 9 nitrogen and oxygen atoms in total. The number of aromatic nitrogens is 3. The van der Waals surface area contributed by atoms with E-state index in [1.54, 1.807) is 39.5 Å². The highest BCUT2D eigenvalue weighted by atomic mass is 127. The number of aliphatic imine (C=N–C) groups is 1. The van der Waals surface area contributed by atoms with Gasteiger partial charge in [0.05, 0.1) is 13.7 Å². The summed E-state index contributed by atoms with van der Waals surface area (Å²) < 4.78 is 12.2. The minimum atomic E-state index is 0. The van der Waals surface area contributed by atoms with Crippen molar-refractivity contribution in [3.63, 3.8) is 0 Å². The maximum Gasteiger partial charge on any atom is 0.191 e. The Labute approximate surface area is 181 Å². The number of phenols is 1. The van der Waals surface area contributed by atoms with E-state index in [-0.39, 0.29) is 35.8 Å². The van der Waals surface area contributed by atoms with E-state index >= 15 is 0 Å². The summed E-state index contributed by atoms with van der Waals surface area (Å²) in [5.74, 6) is 3.29. The molecule has 0 fully saturated rings. The second kappa shape index (κ2) is 10.5. The molecule has 0 saturated carbocycles. The number of ether oxygens (including phenoxy) is 2. The van der Waals surface area contributed by atoms with Crippen LogP contribution >= 0.6 is 24.0 Å². The van der Waals surface area contributed by atoms with E-state index in [4.69, 9.17) is 9.47 Å². The van der Waals surface area contributed by atoms with Crippen LogP contribution in [0.3, 0.4) is 0 Å². The predicted octanol–water partition coefficient (Wildman–Crippen LogP) is 1.44. The first-order valence-corrected chi connectivity index (χ1v) is 8.87. The third-order valence-electron chi connectivity index (χ3n) is 4.47. The zero-order valence-corrected chi connectivity index (χ0v) is 18.6. The molecule has 10 heteroatoms. The van der Waals surface area contributed by atoms with Crippen molar-refractivity contribution in [1.82, 2.24) is 25.4 Å². The zero-order valence-electron chi connectivity index (χ0n) is 16.3. The number of aromatic hydroxyl groups is 1. The summed E-state index contributed by atoms with van der Waals surface area (Å²) in [6.07, 6.45) is 1.79. The monoisotopic (exact) mass is 502 g/mol. The number of hydrogen-bond acceptors (Lipinski definition) is 6. The normalized spacial score (nSPS) is 16.1.